The Morgan fingerprint density at radius 3 is 2.29 bits per heavy atom. The van der Waals surface area contributed by atoms with E-state index in [2.05, 4.69) is 23.5 Å². The van der Waals surface area contributed by atoms with Gasteiger partial charge in [0.1, 0.15) is 0 Å². The van der Waals surface area contributed by atoms with Gasteiger partial charge in [-0.2, -0.15) is 0 Å². The van der Waals surface area contributed by atoms with Crippen molar-refractivity contribution < 1.29 is 9.53 Å². The lowest BCUT2D eigenvalue weighted by molar-refractivity contribution is 0.163. The smallest absolute Gasteiger partial charge is 0.404 e. The summed E-state index contributed by atoms with van der Waals surface area (Å²) < 4.78 is 4.18. The third-order valence-corrected chi connectivity index (χ3v) is 2.07. The van der Waals surface area contributed by atoms with Crippen LogP contribution in [0.1, 0.15) is 30.5 Å². The van der Waals surface area contributed by atoms with Gasteiger partial charge in [-0.1, -0.05) is 23.8 Å². The molecule has 0 bridgehead atoms. The molecule has 0 saturated heterocycles. The minimum atomic E-state index is -0.711. The maximum absolute atomic E-state index is 9.60. The molecule has 0 spiro atoms. The molecule has 4 heteroatoms. The topological polar surface area (TPSA) is 76.2 Å². The standard InChI is InChI=1S/C10H13N.C3H7NO2/c1-7-4-5-10(9(3)11)8(2)6-7;1-2-6-3(4)5/h4-6,11H,1-3H3;2H2,1H3,(H2,4,5). The van der Waals surface area contributed by atoms with Gasteiger partial charge in [-0.15, -0.1) is 0 Å². The van der Waals surface area contributed by atoms with E-state index in [0.717, 1.165) is 5.56 Å². The summed E-state index contributed by atoms with van der Waals surface area (Å²) in [5, 5.41) is 7.45. The molecule has 0 aliphatic carbocycles. The van der Waals surface area contributed by atoms with Gasteiger partial charge in [0.05, 0.1) is 6.61 Å². The number of benzene rings is 1. The van der Waals surface area contributed by atoms with Crippen LogP contribution in [0.4, 0.5) is 4.79 Å². The van der Waals surface area contributed by atoms with E-state index in [-0.39, 0.29) is 0 Å². The van der Waals surface area contributed by atoms with Gasteiger partial charge in [-0.05, 0) is 38.8 Å². The van der Waals surface area contributed by atoms with E-state index in [1.165, 1.54) is 11.1 Å². The van der Waals surface area contributed by atoms with Crippen LogP contribution in [-0.4, -0.2) is 18.4 Å². The van der Waals surface area contributed by atoms with E-state index >= 15 is 0 Å². The Labute approximate surface area is 102 Å². The second kappa shape index (κ2) is 7.44. The molecular formula is C13H20N2O2. The predicted molar refractivity (Wildman–Crippen MR) is 69.6 cm³/mol. The molecule has 1 amide bonds. The molecule has 0 aliphatic rings. The Morgan fingerprint density at radius 1 is 1.41 bits per heavy atom. The Morgan fingerprint density at radius 2 is 2.00 bits per heavy atom. The fourth-order valence-corrected chi connectivity index (χ4v) is 1.38. The fraction of sp³-hybridized carbons (Fsp3) is 0.385. The van der Waals surface area contributed by atoms with E-state index < -0.39 is 6.09 Å². The van der Waals surface area contributed by atoms with Gasteiger partial charge in [0.2, 0.25) is 0 Å². The summed E-state index contributed by atoms with van der Waals surface area (Å²) in [6.07, 6.45) is -0.711. The van der Waals surface area contributed by atoms with Crippen molar-refractivity contribution in [1.82, 2.24) is 0 Å². The number of primary amides is 1. The van der Waals surface area contributed by atoms with Crippen molar-refractivity contribution in [3.63, 3.8) is 0 Å². The van der Waals surface area contributed by atoms with E-state index in [1.807, 2.05) is 26.0 Å². The van der Waals surface area contributed by atoms with Crippen LogP contribution in [0.15, 0.2) is 18.2 Å². The second-order valence-corrected chi connectivity index (χ2v) is 3.70. The number of hydrogen-bond donors (Lipinski definition) is 2. The molecule has 0 heterocycles. The lowest BCUT2D eigenvalue weighted by Crippen LogP contribution is -2.11. The van der Waals surface area contributed by atoms with Crippen LogP contribution in [0.25, 0.3) is 0 Å². The number of carbonyl (C=O) groups is 1. The molecule has 0 unspecified atom stereocenters. The quantitative estimate of drug-likeness (QED) is 0.774. The Hall–Kier alpha value is -1.84. The third-order valence-electron chi connectivity index (χ3n) is 2.07. The number of rotatable bonds is 2. The van der Waals surface area contributed by atoms with Crippen molar-refractivity contribution in [1.29, 1.82) is 5.41 Å². The zero-order valence-electron chi connectivity index (χ0n) is 10.8. The number of hydrogen-bond acceptors (Lipinski definition) is 3. The van der Waals surface area contributed by atoms with Crippen molar-refractivity contribution in [3.8, 4) is 0 Å². The largest absolute Gasteiger partial charge is 0.450 e. The maximum atomic E-state index is 9.60. The third kappa shape index (κ3) is 6.35. The first-order valence-corrected chi connectivity index (χ1v) is 5.43. The summed E-state index contributed by atoms with van der Waals surface area (Å²) in [6.45, 7) is 7.98. The number of nitrogens with one attached hydrogen (secondary N) is 1. The number of carbonyl (C=O) groups excluding carboxylic acids is 1. The van der Waals surface area contributed by atoms with Crippen molar-refractivity contribution in [2.75, 3.05) is 6.61 Å². The van der Waals surface area contributed by atoms with Crippen LogP contribution in [0, 0.1) is 19.3 Å². The summed E-state index contributed by atoms with van der Waals surface area (Å²) in [6, 6.07) is 6.15. The van der Waals surface area contributed by atoms with Gasteiger partial charge in [0.15, 0.2) is 0 Å². The lowest BCUT2D eigenvalue weighted by atomic mass is 10.0. The van der Waals surface area contributed by atoms with E-state index in [1.54, 1.807) is 6.92 Å². The van der Waals surface area contributed by atoms with Gasteiger partial charge in [-0.3, -0.25) is 0 Å². The first-order chi connectivity index (χ1) is 7.88. The number of ether oxygens (including phenoxy) is 1. The van der Waals surface area contributed by atoms with Crippen LogP contribution >= 0.6 is 0 Å². The number of aryl methyl sites for hydroxylation is 2. The zero-order valence-corrected chi connectivity index (χ0v) is 10.8. The Balaban J connectivity index is 0.000000366. The lowest BCUT2D eigenvalue weighted by Gasteiger charge is -2.03. The summed E-state index contributed by atoms with van der Waals surface area (Å²) in [7, 11) is 0. The summed E-state index contributed by atoms with van der Waals surface area (Å²) >= 11 is 0. The first-order valence-electron chi connectivity index (χ1n) is 5.43. The average Bonchev–Trinajstić information content (AvgIpc) is 2.17. The molecule has 94 valence electrons. The van der Waals surface area contributed by atoms with E-state index in [9.17, 15) is 4.79 Å². The van der Waals surface area contributed by atoms with Crippen LogP contribution in [0.2, 0.25) is 0 Å². The monoisotopic (exact) mass is 236 g/mol. The summed E-state index contributed by atoms with van der Waals surface area (Å²) in [5.74, 6) is 0. The molecular weight excluding hydrogens is 216 g/mol. The van der Waals surface area contributed by atoms with Gasteiger partial charge in [0.25, 0.3) is 0 Å². The maximum Gasteiger partial charge on any atom is 0.404 e. The Kier molecular flexibility index (Phi) is 6.63. The highest BCUT2D eigenvalue weighted by Crippen LogP contribution is 2.10. The molecule has 4 nitrogen and oxygen atoms in total. The first kappa shape index (κ1) is 15.2. The second-order valence-electron chi connectivity index (χ2n) is 3.70. The Bertz CT molecular complexity index is 400. The van der Waals surface area contributed by atoms with Gasteiger partial charge >= 0.3 is 6.09 Å². The van der Waals surface area contributed by atoms with Crippen LogP contribution in [0.3, 0.4) is 0 Å². The highest BCUT2D eigenvalue weighted by atomic mass is 16.5. The highest BCUT2D eigenvalue weighted by molar-refractivity contribution is 5.97. The number of amides is 1. The predicted octanol–water partition coefficient (Wildman–Crippen LogP) is 2.79. The zero-order chi connectivity index (χ0) is 13.4. The van der Waals surface area contributed by atoms with Gasteiger partial charge in [0, 0.05) is 5.71 Å². The molecule has 0 aliphatic heterocycles. The van der Waals surface area contributed by atoms with Crippen LogP contribution in [0.5, 0.6) is 0 Å². The average molecular weight is 236 g/mol. The molecule has 1 rings (SSSR count). The molecule has 17 heavy (non-hydrogen) atoms. The molecule has 0 atom stereocenters. The van der Waals surface area contributed by atoms with Crippen LogP contribution < -0.4 is 5.73 Å². The van der Waals surface area contributed by atoms with E-state index in [0.29, 0.717) is 12.3 Å². The van der Waals surface area contributed by atoms with Gasteiger partial charge in [-0.25, -0.2) is 4.79 Å². The molecule has 1 aromatic rings. The molecule has 0 fully saturated rings. The van der Waals surface area contributed by atoms with Crippen molar-refractivity contribution in [2.24, 2.45) is 5.73 Å². The normalized spacial score (nSPS) is 8.94. The van der Waals surface area contributed by atoms with Crippen molar-refractivity contribution in [3.05, 3.63) is 34.9 Å². The van der Waals surface area contributed by atoms with E-state index in [4.69, 9.17) is 5.41 Å². The van der Waals surface area contributed by atoms with Crippen LogP contribution in [-0.2, 0) is 4.74 Å². The molecule has 0 radical (unpaired) electrons. The highest BCUT2D eigenvalue weighted by Gasteiger charge is 1.98. The fourth-order valence-electron chi connectivity index (χ4n) is 1.38. The minimum absolute atomic E-state index is 0.356. The van der Waals surface area contributed by atoms with Crippen molar-refractivity contribution >= 4 is 11.8 Å². The molecule has 1 aromatic carbocycles. The van der Waals surface area contributed by atoms with Gasteiger partial charge < -0.3 is 15.9 Å². The van der Waals surface area contributed by atoms with Crippen molar-refractivity contribution in [2.45, 2.75) is 27.7 Å². The molecule has 0 saturated carbocycles. The summed E-state index contributed by atoms with van der Waals surface area (Å²) in [5.41, 5.74) is 8.68. The molecule has 0 aromatic heterocycles. The number of nitrogens with two attached hydrogens (primary N) is 1. The SMILES string of the molecule is CC(=N)c1ccc(C)cc1C.CCOC(N)=O. The molecule has 3 N–H and O–H groups in total. The minimum Gasteiger partial charge on any atom is -0.450 e. The summed E-state index contributed by atoms with van der Waals surface area (Å²) in [4.78, 5) is 9.60.